The second-order valence-corrected chi connectivity index (χ2v) is 3.88. The minimum atomic E-state index is -1.50. The van der Waals surface area contributed by atoms with E-state index in [1.54, 1.807) is 13.8 Å². The van der Waals surface area contributed by atoms with Crippen LogP contribution in [-0.2, 0) is 9.47 Å². The average Bonchev–Trinajstić information content (AvgIpc) is 2.18. The summed E-state index contributed by atoms with van der Waals surface area (Å²) >= 11 is 0. The Morgan fingerprint density at radius 1 is 1.20 bits per heavy atom. The van der Waals surface area contributed by atoms with E-state index in [-0.39, 0.29) is 6.10 Å². The Labute approximate surface area is 88.1 Å². The van der Waals surface area contributed by atoms with Gasteiger partial charge in [0, 0.05) is 0 Å². The van der Waals surface area contributed by atoms with Crippen LogP contribution in [0.25, 0.3) is 0 Å². The van der Waals surface area contributed by atoms with E-state index in [0.717, 1.165) is 0 Å². The van der Waals surface area contributed by atoms with E-state index in [2.05, 4.69) is 0 Å². The van der Waals surface area contributed by atoms with Gasteiger partial charge >= 0.3 is 0 Å². The molecular formula is C9H18O6. The summed E-state index contributed by atoms with van der Waals surface area (Å²) in [5.41, 5.74) is 0. The summed E-state index contributed by atoms with van der Waals surface area (Å²) in [5.74, 6) is 0. The van der Waals surface area contributed by atoms with Gasteiger partial charge in [-0.15, -0.1) is 0 Å². The third kappa shape index (κ3) is 2.87. The summed E-state index contributed by atoms with van der Waals surface area (Å²) in [6.07, 6.45) is -6.03. The Morgan fingerprint density at radius 2 is 1.80 bits per heavy atom. The first kappa shape index (κ1) is 12.8. The SMILES string of the molecule is CC(C)O[C@H]1[C@H](O)[C@@H](O)[C@H](O)O[C@@H]1CO. The fraction of sp³-hybridized carbons (Fsp3) is 1.00. The number of rotatable bonds is 3. The quantitative estimate of drug-likeness (QED) is 0.450. The number of hydrogen-bond donors (Lipinski definition) is 4. The Kier molecular flexibility index (Phi) is 4.45. The van der Waals surface area contributed by atoms with Crippen LogP contribution >= 0.6 is 0 Å². The van der Waals surface area contributed by atoms with Crippen LogP contribution in [0.5, 0.6) is 0 Å². The van der Waals surface area contributed by atoms with Gasteiger partial charge in [-0.2, -0.15) is 0 Å². The van der Waals surface area contributed by atoms with Crippen molar-refractivity contribution in [2.75, 3.05) is 6.61 Å². The summed E-state index contributed by atoms with van der Waals surface area (Å²) in [5, 5.41) is 37.2. The van der Waals surface area contributed by atoms with E-state index in [1.165, 1.54) is 0 Å². The first-order valence-corrected chi connectivity index (χ1v) is 4.93. The molecule has 0 radical (unpaired) electrons. The maximum atomic E-state index is 9.63. The lowest BCUT2D eigenvalue weighted by atomic mass is 9.99. The number of aliphatic hydroxyl groups is 4. The van der Waals surface area contributed by atoms with E-state index in [0.29, 0.717) is 0 Å². The van der Waals surface area contributed by atoms with Crippen LogP contribution in [0.15, 0.2) is 0 Å². The molecule has 1 rings (SSSR count). The molecule has 1 fully saturated rings. The van der Waals surface area contributed by atoms with Crippen molar-refractivity contribution in [2.45, 2.75) is 50.7 Å². The van der Waals surface area contributed by atoms with E-state index >= 15 is 0 Å². The van der Waals surface area contributed by atoms with E-state index in [9.17, 15) is 15.3 Å². The minimum absolute atomic E-state index is 0.176. The Morgan fingerprint density at radius 3 is 2.27 bits per heavy atom. The molecule has 1 aliphatic heterocycles. The predicted molar refractivity (Wildman–Crippen MR) is 50.0 cm³/mol. The number of aliphatic hydroxyl groups excluding tert-OH is 4. The molecule has 0 aliphatic carbocycles. The molecule has 1 saturated heterocycles. The average molecular weight is 222 g/mol. The Balaban J connectivity index is 2.70. The van der Waals surface area contributed by atoms with Gasteiger partial charge in [-0.1, -0.05) is 0 Å². The Bertz CT molecular complexity index is 195. The second kappa shape index (κ2) is 5.20. The van der Waals surface area contributed by atoms with Crippen molar-refractivity contribution in [3.8, 4) is 0 Å². The number of hydrogen-bond acceptors (Lipinski definition) is 6. The van der Waals surface area contributed by atoms with Gasteiger partial charge < -0.3 is 29.9 Å². The minimum Gasteiger partial charge on any atom is -0.394 e. The summed E-state index contributed by atoms with van der Waals surface area (Å²) in [4.78, 5) is 0. The summed E-state index contributed by atoms with van der Waals surface area (Å²) in [6.45, 7) is 3.13. The molecule has 0 aromatic heterocycles. The lowest BCUT2D eigenvalue weighted by Gasteiger charge is -2.40. The third-order valence-electron chi connectivity index (χ3n) is 2.27. The van der Waals surface area contributed by atoms with E-state index < -0.39 is 37.3 Å². The fourth-order valence-corrected chi connectivity index (χ4v) is 1.55. The molecule has 4 N–H and O–H groups in total. The van der Waals surface area contributed by atoms with Gasteiger partial charge in [0.15, 0.2) is 6.29 Å². The zero-order valence-electron chi connectivity index (χ0n) is 8.78. The van der Waals surface area contributed by atoms with Crippen molar-refractivity contribution in [3.63, 3.8) is 0 Å². The highest BCUT2D eigenvalue weighted by atomic mass is 16.7. The second-order valence-electron chi connectivity index (χ2n) is 3.88. The van der Waals surface area contributed by atoms with Crippen molar-refractivity contribution in [3.05, 3.63) is 0 Å². The lowest BCUT2D eigenvalue weighted by molar-refractivity contribution is -0.298. The van der Waals surface area contributed by atoms with Gasteiger partial charge in [0.25, 0.3) is 0 Å². The first-order chi connectivity index (χ1) is 6.97. The van der Waals surface area contributed by atoms with Crippen LogP contribution in [0.4, 0.5) is 0 Å². The molecule has 1 heterocycles. The van der Waals surface area contributed by atoms with Crippen LogP contribution in [0.3, 0.4) is 0 Å². The Hall–Kier alpha value is -0.240. The molecule has 5 atom stereocenters. The number of ether oxygens (including phenoxy) is 2. The molecule has 0 spiro atoms. The summed E-state index contributed by atoms with van der Waals surface area (Å²) in [6, 6.07) is 0. The molecule has 0 saturated carbocycles. The van der Waals surface area contributed by atoms with Gasteiger partial charge in [0.05, 0.1) is 12.7 Å². The molecule has 0 aromatic carbocycles. The summed E-state index contributed by atoms with van der Waals surface area (Å²) in [7, 11) is 0. The molecule has 90 valence electrons. The van der Waals surface area contributed by atoms with Crippen molar-refractivity contribution in [1.82, 2.24) is 0 Å². The van der Waals surface area contributed by atoms with Crippen LogP contribution < -0.4 is 0 Å². The van der Waals surface area contributed by atoms with Crippen LogP contribution in [-0.4, -0.2) is 63.8 Å². The van der Waals surface area contributed by atoms with Gasteiger partial charge in [-0.25, -0.2) is 0 Å². The zero-order valence-corrected chi connectivity index (χ0v) is 8.78. The van der Waals surface area contributed by atoms with Crippen LogP contribution in [0.1, 0.15) is 13.8 Å². The highest BCUT2D eigenvalue weighted by Crippen LogP contribution is 2.23. The normalized spacial score (nSPS) is 42.2. The van der Waals surface area contributed by atoms with Crippen molar-refractivity contribution >= 4 is 0 Å². The van der Waals surface area contributed by atoms with Gasteiger partial charge in [-0.05, 0) is 13.8 Å². The molecule has 15 heavy (non-hydrogen) atoms. The molecule has 0 bridgehead atoms. The maximum Gasteiger partial charge on any atom is 0.184 e. The standard InChI is InChI=1S/C9H18O6/c1-4(2)14-8-5(3-10)15-9(13)7(12)6(8)11/h4-13H,3H2,1-2H3/t5-,6-,7-,8-,9-/m1/s1. The lowest BCUT2D eigenvalue weighted by Crippen LogP contribution is -2.59. The zero-order chi connectivity index (χ0) is 11.6. The molecule has 0 unspecified atom stereocenters. The topological polar surface area (TPSA) is 99.4 Å². The molecular weight excluding hydrogens is 204 g/mol. The predicted octanol–water partition coefficient (Wildman–Crippen LogP) is -1.79. The van der Waals surface area contributed by atoms with E-state index in [4.69, 9.17) is 14.6 Å². The molecule has 6 nitrogen and oxygen atoms in total. The smallest absolute Gasteiger partial charge is 0.184 e. The maximum absolute atomic E-state index is 9.63. The van der Waals surface area contributed by atoms with Gasteiger partial charge in [0.2, 0.25) is 0 Å². The van der Waals surface area contributed by atoms with Crippen molar-refractivity contribution in [2.24, 2.45) is 0 Å². The van der Waals surface area contributed by atoms with Gasteiger partial charge in [0.1, 0.15) is 24.4 Å². The highest BCUT2D eigenvalue weighted by Gasteiger charge is 2.44. The largest absolute Gasteiger partial charge is 0.394 e. The molecule has 0 amide bonds. The monoisotopic (exact) mass is 222 g/mol. The fourth-order valence-electron chi connectivity index (χ4n) is 1.55. The van der Waals surface area contributed by atoms with Crippen LogP contribution in [0, 0.1) is 0 Å². The van der Waals surface area contributed by atoms with Crippen molar-refractivity contribution < 1.29 is 29.9 Å². The van der Waals surface area contributed by atoms with Crippen LogP contribution in [0.2, 0.25) is 0 Å². The third-order valence-corrected chi connectivity index (χ3v) is 2.27. The molecule has 1 aliphatic rings. The first-order valence-electron chi connectivity index (χ1n) is 4.93. The summed E-state index contributed by atoms with van der Waals surface area (Å²) < 4.78 is 10.2. The molecule has 6 heteroatoms. The van der Waals surface area contributed by atoms with E-state index in [1.807, 2.05) is 0 Å². The van der Waals surface area contributed by atoms with Crippen molar-refractivity contribution in [1.29, 1.82) is 0 Å². The van der Waals surface area contributed by atoms with Gasteiger partial charge in [-0.3, -0.25) is 0 Å². The molecule has 0 aromatic rings. The highest BCUT2D eigenvalue weighted by molar-refractivity contribution is 4.89.